The van der Waals surface area contributed by atoms with E-state index in [4.69, 9.17) is 51.1 Å². The monoisotopic (exact) mass is 538 g/mol. The molecule has 0 spiro atoms. The van der Waals surface area contributed by atoms with E-state index in [1.807, 2.05) is 0 Å². The summed E-state index contributed by atoms with van der Waals surface area (Å²) in [5.74, 6) is -1.50. The molecule has 7 nitrogen and oxygen atoms in total. The van der Waals surface area contributed by atoms with Crippen molar-refractivity contribution in [1.29, 1.82) is 0 Å². The minimum Gasteiger partial charge on any atom is -0.454 e. The Labute approximate surface area is 212 Å². The number of aromatic nitrogens is 2. The quantitative estimate of drug-likeness (QED) is 0.342. The first-order chi connectivity index (χ1) is 16.1. The molecule has 34 heavy (non-hydrogen) atoms. The first-order valence-corrected chi connectivity index (χ1v) is 11.3. The molecule has 11 heteroatoms. The summed E-state index contributed by atoms with van der Waals surface area (Å²) in [6.07, 6.45) is 4.13. The van der Waals surface area contributed by atoms with Crippen LogP contribution in [0.2, 0.25) is 20.1 Å². The number of carbonyl (C=O) groups is 2. The highest BCUT2D eigenvalue weighted by Crippen LogP contribution is 2.26. The van der Waals surface area contributed by atoms with Crippen LogP contribution in [-0.2, 0) is 4.74 Å². The van der Waals surface area contributed by atoms with Gasteiger partial charge >= 0.3 is 11.7 Å². The highest BCUT2D eigenvalue weighted by Gasteiger charge is 2.26. The molecule has 1 aromatic heterocycles. The standard InChI is InChI=1S/C23H14Cl4N2O5/c24-14-5-12(6-15(25)9-14)21(31)29-20(30)3-4-28(23(29)33)18-1-2-19(11-18)34-22(32)13-7-16(26)10-17(27)8-13/h1-10,18-19H,11H2. The Kier molecular flexibility index (Phi) is 7.00. The number of hydrogen-bond donors (Lipinski definition) is 0. The lowest BCUT2D eigenvalue weighted by Gasteiger charge is -2.16. The van der Waals surface area contributed by atoms with Crippen LogP contribution in [0.1, 0.15) is 33.2 Å². The number of nitrogens with zero attached hydrogens (tertiary/aromatic N) is 2. The van der Waals surface area contributed by atoms with Crippen molar-refractivity contribution in [3.63, 3.8) is 0 Å². The molecule has 1 heterocycles. The van der Waals surface area contributed by atoms with E-state index in [2.05, 4.69) is 0 Å². The van der Waals surface area contributed by atoms with Crippen LogP contribution in [0, 0.1) is 0 Å². The summed E-state index contributed by atoms with van der Waals surface area (Å²) in [4.78, 5) is 50.8. The lowest BCUT2D eigenvalue weighted by Crippen LogP contribution is -2.44. The summed E-state index contributed by atoms with van der Waals surface area (Å²) < 4.78 is 7.19. The fraction of sp³-hybridized carbons (Fsp3) is 0.130. The minimum atomic E-state index is -0.864. The molecule has 0 amide bonds. The summed E-state index contributed by atoms with van der Waals surface area (Å²) in [5.41, 5.74) is -1.48. The van der Waals surface area contributed by atoms with Crippen LogP contribution in [0.25, 0.3) is 0 Å². The predicted octanol–water partition coefficient (Wildman–Crippen LogP) is 5.04. The lowest BCUT2D eigenvalue weighted by molar-refractivity contribution is 0.0382. The Bertz CT molecular complexity index is 1420. The van der Waals surface area contributed by atoms with Crippen molar-refractivity contribution in [3.05, 3.63) is 113 Å². The van der Waals surface area contributed by atoms with E-state index < -0.39 is 35.3 Å². The van der Waals surface area contributed by atoms with Gasteiger partial charge in [-0.05, 0) is 42.5 Å². The molecule has 4 rings (SSSR count). The number of ether oxygens (including phenoxy) is 1. The smallest absolute Gasteiger partial charge is 0.338 e. The van der Waals surface area contributed by atoms with E-state index in [9.17, 15) is 19.2 Å². The highest BCUT2D eigenvalue weighted by atomic mass is 35.5. The van der Waals surface area contributed by atoms with Gasteiger partial charge in [-0.2, -0.15) is 4.57 Å². The molecular formula is C23H14Cl4N2O5. The molecule has 0 fully saturated rings. The van der Waals surface area contributed by atoms with Gasteiger partial charge in [-0.15, -0.1) is 0 Å². The average molecular weight is 540 g/mol. The molecule has 1 aliphatic rings. The van der Waals surface area contributed by atoms with Crippen LogP contribution in [0.4, 0.5) is 0 Å². The van der Waals surface area contributed by atoms with Crippen LogP contribution in [0.3, 0.4) is 0 Å². The van der Waals surface area contributed by atoms with Gasteiger partial charge in [0.1, 0.15) is 6.10 Å². The lowest BCUT2D eigenvalue weighted by atomic mass is 10.2. The van der Waals surface area contributed by atoms with Crippen LogP contribution in [0.5, 0.6) is 0 Å². The second-order valence-electron chi connectivity index (χ2n) is 7.43. The summed E-state index contributed by atoms with van der Waals surface area (Å²) in [5, 5.41) is 0.951. The maximum absolute atomic E-state index is 13.1. The summed E-state index contributed by atoms with van der Waals surface area (Å²) in [7, 11) is 0. The van der Waals surface area contributed by atoms with E-state index in [0.717, 1.165) is 6.07 Å². The van der Waals surface area contributed by atoms with Crippen LogP contribution in [-0.4, -0.2) is 27.1 Å². The van der Waals surface area contributed by atoms with Crippen molar-refractivity contribution < 1.29 is 14.3 Å². The molecule has 174 valence electrons. The first-order valence-electron chi connectivity index (χ1n) is 9.83. The number of benzene rings is 2. The van der Waals surface area contributed by atoms with Crippen molar-refractivity contribution in [2.24, 2.45) is 0 Å². The molecule has 2 aromatic carbocycles. The molecule has 0 bridgehead atoms. The van der Waals surface area contributed by atoms with Crippen molar-refractivity contribution in [3.8, 4) is 0 Å². The van der Waals surface area contributed by atoms with Gasteiger partial charge in [0.05, 0.1) is 11.6 Å². The van der Waals surface area contributed by atoms with Crippen LogP contribution in [0.15, 0.2) is 70.4 Å². The SMILES string of the molecule is O=C(OC1C=CC(n2ccc(=O)n(C(=O)c3cc(Cl)cc(Cl)c3)c2=O)C1)c1cc(Cl)cc(Cl)c1. The number of carbonyl (C=O) groups excluding carboxylic acids is 2. The maximum Gasteiger partial charge on any atom is 0.338 e. The summed E-state index contributed by atoms with van der Waals surface area (Å²) in [6.45, 7) is 0. The number of halogens is 4. The Morgan fingerprint density at radius 3 is 1.97 bits per heavy atom. The van der Waals surface area contributed by atoms with E-state index in [-0.39, 0.29) is 27.6 Å². The van der Waals surface area contributed by atoms with E-state index >= 15 is 0 Å². The van der Waals surface area contributed by atoms with Crippen molar-refractivity contribution in [1.82, 2.24) is 9.13 Å². The Hall–Kier alpha value is -2.84. The summed E-state index contributed by atoms with van der Waals surface area (Å²) >= 11 is 23.7. The topological polar surface area (TPSA) is 87.4 Å². The normalized spacial score (nSPS) is 17.1. The molecule has 2 unspecified atom stereocenters. The molecule has 1 aliphatic carbocycles. The molecule has 2 atom stereocenters. The van der Waals surface area contributed by atoms with Gasteiger partial charge in [0, 0.05) is 44.3 Å². The van der Waals surface area contributed by atoms with Crippen molar-refractivity contribution in [2.75, 3.05) is 0 Å². The van der Waals surface area contributed by atoms with Gasteiger partial charge in [-0.1, -0.05) is 52.5 Å². The van der Waals surface area contributed by atoms with Gasteiger partial charge in [0.15, 0.2) is 0 Å². The van der Waals surface area contributed by atoms with E-state index in [0.29, 0.717) is 14.6 Å². The van der Waals surface area contributed by atoms with Gasteiger partial charge in [-0.3, -0.25) is 14.2 Å². The summed E-state index contributed by atoms with van der Waals surface area (Å²) in [6, 6.07) is 8.94. The highest BCUT2D eigenvalue weighted by molar-refractivity contribution is 6.35. The predicted molar refractivity (Wildman–Crippen MR) is 130 cm³/mol. The third-order valence-corrected chi connectivity index (χ3v) is 5.93. The molecule has 0 N–H and O–H groups in total. The van der Waals surface area contributed by atoms with Crippen LogP contribution >= 0.6 is 46.4 Å². The molecule has 3 aromatic rings. The largest absolute Gasteiger partial charge is 0.454 e. The Morgan fingerprint density at radius 2 is 1.38 bits per heavy atom. The molecule has 0 saturated heterocycles. The minimum absolute atomic E-state index is 0.0107. The third-order valence-electron chi connectivity index (χ3n) is 5.06. The second-order valence-corrected chi connectivity index (χ2v) is 9.18. The number of allylic oxidation sites excluding steroid dienone is 1. The number of hydrogen-bond acceptors (Lipinski definition) is 5. The second kappa shape index (κ2) is 9.80. The van der Waals surface area contributed by atoms with E-state index in [1.165, 1.54) is 47.2 Å². The van der Waals surface area contributed by atoms with Gasteiger partial charge < -0.3 is 4.74 Å². The maximum atomic E-state index is 13.1. The molecule has 0 radical (unpaired) electrons. The number of esters is 1. The Balaban J connectivity index is 1.56. The number of rotatable bonds is 4. The zero-order valence-electron chi connectivity index (χ0n) is 17.1. The zero-order chi connectivity index (χ0) is 24.6. The fourth-order valence-electron chi connectivity index (χ4n) is 3.56. The Morgan fingerprint density at radius 1 is 0.824 bits per heavy atom. The fourth-order valence-corrected chi connectivity index (χ4v) is 4.61. The molecule has 0 aliphatic heterocycles. The molecular weight excluding hydrogens is 526 g/mol. The molecule has 0 saturated carbocycles. The van der Waals surface area contributed by atoms with Gasteiger partial charge in [0.2, 0.25) is 0 Å². The van der Waals surface area contributed by atoms with Gasteiger partial charge in [-0.25, -0.2) is 9.59 Å². The van der Waals surface area contributed by atoms with Crippen molar-refractivity contribution in [2.45, 2.75) is 18.6 Å². The van der Waals surface area contributed by atoms with Gasteiger partial charge in [0.25, 0.3) is 11.5 Å². The zero-order valence-corrected chi connectivity index (χ0v) is 20.1. The average Bonchev–Trinajstić information content (AvgIpc) is 3.20. The third kappa shape index (κ3) is 5.13. The van der Waals surface area contributed by atoms with E-state index in [1.54, 1.807) is 12.2 Å². The van der Waals surface area contributed by atoms with Crippen molar-refractivity contribution >= 4 is 58.3 Å². The first kappa shape index (κ1) is 24.3. The van der Waals surface area contributed by atoms with Crippen LogP contribution < -0.4 is 11.2 Å².